The molecule has 0 bridgehead atoms. The molecule has 1 aromatic rings. The molecule has 2 amide bonds. The maximum absolute atomic E-state index is 11.5. The second kappa shape index (κ2) is 5.39. The quantitative estimate of drug-likeness (QED) is 0.674. The molecule has 0 saturated carbocycles. The van der Waals surface area contributed by atoms with Gasteiger partial charge in [-0.25, -0.2) is 4.79 Å². The molecule has 0 aliphatic heterocycles. The van der Waals surface area contributed by atoms with E-state index in [2.05, 4.69) is 22.7 Å². The lowest BCUT2D eigenvalue weighted by Crippen LogP contribution is -2.30. The number of amides is 2. The summed E-state index contributed by atoms with van der Waals surface area (Å²) in [5.41, 5.74) is 7.00. The Kier molecular flexibility index (Phi) is 4.16. The molecular formula is C10H19N5O. The van der Waals surface area contributed by atoms with Crippen molar-refractivity contribution in [2.75, 3.05) is 17.6 Å². The summed E-state index contributed by atoms with van der Waals surface area (Å²) in [4.78, 5) is 11.5. The minimum absolute atomic E-state index is 0.247. The van der Waals surface area contributed by atoms with E-state index in [1.165, 1.54) is 0 Å². The maximum atomic E-state index is 11.5. The van der Waals surface area contributed by atoms with Crippen molar-refractivity contribution in [2.24, 2.45) is 7.05 Å². The standard InChI is InChI=1S/C10H19N5O/c1-4-5-6-12-10(16)13-9-8(11)7(2)14-15(9)3/h4-6,11H2,1-3H3,(H2,12,13,16). The predicted octanol–water partition coefficient (Wildman–Crippen LogP) is 1.23. The van der Waals surface area contributed by atoms with E-state index in [0.29, 0.717) is 23.7 Å². The third kappa shape index (κ3) is 2.88. The molecule has 6 heteroatoms. The number of nitrogens with zero attached hydrogens (tertiary/aromatic N) is 2. The predicted molar refractivity (Wildman–Crippen MR) is 64.3 cm³/mol. The maximum Gasteiger partial charge on any atom is 0.320 e. The van der Waals surface area contributed by atoms with Gasteiger partial charge in [-0.15, -0.1) is 0 Å². The third-order valence-corrected chi connectivity index (χ3v) is 2.32. The Balaban J connectivity index is 2.56. The fraction of sp³-hybridized carbons (Fsp3) is 0.600. The number of aryl methyl sites for hydroxylation is 2. The molecule has 6 nitrogen and oxygen atoms in total. The highest BCUT2D eigenvalue weighted by Crippen LogP contribution is 2.20. The molecule has 1 heterocycles. The fourth-order valence-electron chi connectivity index (χ4n) is 1.35. The van der Waals surface area contributed by atoms with E-state index in [1.807, 2.05) is 0 Å². The van der Waals surface area contributed by atoms with Crippen molar-refractivity contribution in [3.8, 4) is 0 Å². The number of nitrogen functional groups attached to an aromatic ring is 1. The Morgan fingerprint density at radius 1 is 1.56 bits per heavy atom. The second-order valence-corrected chi connectivity index (χ2v) is 3.71. The van der Waals surface area contributed by atoms with E-state index in [1.54, 1.807) is 18.7 Å². The molecule has 0 aliphatic rings. The van der Waals surface area contributed by atoms with Crippen molar-refractivity contribution in [3.05, 3.63) is 5.69 Å². The SMILES string of the molecule is CCCCNC(=O)Nc1c(N)c(C)nn1C. The number of hydrogen-bond donors (Lipinski definition) is 3. The highest BCUT2D eigenvalue weighted by Gasteiger charge is 2.12. The lowest BCUT2D eigenvalue weighted by atomic mass is 10.3. The molecule has 0 fully saturated rings. The first kappa shape index (κ1) is 12.4. The normalized spacial score (nSPS) is 10.2. The van der Waals surface area contributed by atoms with E-state index in [0.717, 1.165) is 12.8 Å². The van der Waals surface area contributed by atoms with Crippen LogP contribution in [0.2, 0.25) is 0 Å². The molecule has 0 spiro atoms. The topological polar surface area (TPSA) is 85.0 Å². The molecule has 16 heavy (non-hydrogen) atoms. The van der Waals surface area contributed by atoms with Crippen LogP contribution in [0.3, 0.4) is 0 Å². The molecule has 0 aromatic carbocycles. The molecule has 1 rings (SSSR count). The van der Waals surface area contributed by atoms with Gasteiger partial charge < -0.3 is 11.1 Å². The summed E-state index contributed by atoms with van der Waals surface area (Å²) in [5, 5.41) is 9.54. The van der Waals surface area contributed by atoms with Gasteiger partial charge in [-0.05, 0) is 13.3 Å². The summed E-state index contributed by atoms with van der Waals surface area (Å²) < 4.78 is 1.56. The van der Waals surface area contributed by atoms with Gasteiger partial charge in [0.05, 0.1) is 11.4 Å². The number of hydrogen-bond acceptors (Lipinski definition) is 3. The Labute approximate surface area is 95.2 Å². The number of urea groups is 1. The van der Waals surface area contributed by atoms with Crippen LogP contribution in [-0.4, -0.2) is 22.4 Å². The van der Waals surface area contributed by atoms with E-state index >= 15 is 0 Å². The van der Waals surface area contributed by atoms with Gasteiger partial charge in [-0.3, -0.25) is 10.00 Å². The summed E-state index contributed by atoms with van der Waals surface area (Å²) in [7, 11) is 1.74. The summed E-state index contributed by atoms with van der Waals surface area (Å²) in [6.45, 7) is 4.54. The van der Waals surface area contributed by atoms with Crippen LogP contribution in [0.25, 0.3) is 0 Å². The van der Waals surface area contributed by atoms with Crippen molar-refractivity contribution in [3.63, 3.8) is 0 Å². The largest absolute Gasteiger partial charge is 0.394 e. The van der Waals surface area contributed by atoms with Gasteiger partial charge in [0, 0.05) is 13.6 Å². The average Bonchev–Trinajstić information content (AvgIpc) is 2.46. The summed E-state index contributed by atoms with van der Waals surface area (Å²) in [5.74, 6) is 0.534. The smallest absolute Gasteiger partial charge is 0.320 e. The third-order valence-electron chi connectivity index (χ3n) is 2.32. The Bertz CT molecular complexity index is 372. The van der Waals surface area contributed by atoms with Gasteiger partial charge in [0.2, 0.25) is 0 Å². The van der Waals surface area contributed by atoms with Crippen molar-refractivity contribution >= 4 is 17.5 Å². The molecule has 4 N–H and O–H groups in total. The van der Waals surface area contributed by atoms with Crippen molar-refractivity contribution in [2.45, 2.75) is 26.7 Å². The Morgan fingerprint density at radius 2 is 2.25 bits per heavy atom. The van der Waals surface area contributed by atoms with Crippen molar-refractivity contribution in [1.29, 1.82) is 0 Å². The van der Waals surface area contributed by atoms with Crippen LogP contribution in [0.5, 0.6) is 0 Å². The Morgan fingerprint density at radius 3 is 2.75 bits per heavy atom. The van der Waals surface area contributed by atoms with Gasteiger partial charge in [0.25, 0.3) is 0 Å². The highest BCUT2D eigenvalue weighted by atomic mass is 16.2. The Hall–Kier alpha value is -1.72. The van der Waals surface area contributed by atoms with Crippen LogP contribution in [0.15, 0.2) is 0 Å². The lowest BCUT2D eigenvalue weighted by molar-refractivity contribution is 0.252. The summed E-state index contributed by atoms with van der Waals surface area (Å²) >= 11 is 0. The van der Waals surface area contributed by atoms with Crippen molar-refractivity contribution < 1.29 is 4.79 Å². The zero-order chi connectivity index (χ0) is 12.1. The van der Waals surface area contributed by atoms with E-state index in [4.69, 9.17) is 5.73 Å². The minimum Gasteiger partial charge on any atom is -0.394 e. The summed E-state index contributed by atoms with van der Waals surface area (Å²) in [6.07, 6.45) is 2.01. The van der Waals surface area contributed by atoms with Crippen LogP contribution < -0.4 is 16.4 Å². The fourth-order valence-corrected chi connectivity index (χ4v) is 1.35. The molecule has 0 atom stereocenters. The van der Waals surface area contributed by atoms with Crippen LogP contribution >= 0.6 is 0 Å². The molecule has 0 unspecified atom stereocenters. The van der Waals surface area contributed by atoms with Crippen LogP contribution in [0, 0.1) is 6.92 Å². The first-order valence-electron chi connectivity index (χ1n) is 5.40. The van der Waals surface area contributed by atoms with Gasteiger partial charge >= 0.3 is 6.03 Å². The number of nitrogens with two attached hydrogens (primary N) is 1. The van der Waals surface area contributed by atoms with E-state index < -0.39 is 0 Å². The molecule has 1 aromatic heterocycles. The lowest BCUT2D eigenvalue weighted by Gasteiger charge is -2.07. The molecule has 0 saturated heterocycles. The minimum atomic E-state index is -0.247. The van der Waals surface area contributed by atoms with E-state index in [-0.39, 0.29) is 6.03 Å². The number of aromatic nitrogens is 2. The second-order valence-electron chi connectivity index (χ2n) is 3.71. The number of carbonyl (C=O) groups is 1. The highest BCUT2D eigenvalue weighted by molar-refractivity contribution is 5.91. The molecule has 0 aliphatic carbocycles. The van der Waals surface area contributed by atoms with Gasteiger partial charge in [-0.2, -0.15) is 5.10 Å². The molecular weight excluding hydrogens is 206 g/mol. The zero-order valence-electron chi connectivity index (χ0n) is 10.0. The van der Waals surface area contributed by atoms with Gasteiger partial charge in [-0.1, -0.05) is 13.3 Å². The van der Waals surface area contributed by atoms with Crippen LogP contribution in [0.4, 0.5) is 16.3 Å². The number of rotatable bonds is 4. The number of anilines is 2. The monoisotopic (exact) mass is 225 g/mol. The van der Waals surface area contributed by atoms with Crippen LogP contribution in [-0.2, 0) is 7.05 Å². The number of carbonyl (C=O) groups excluding carboxylic acids is 1. The van der Waals surface area contributed by atoms with Gasteiger partial charge in [0.15, 0.2) is 5.82 Å². The van der Waals surface area contributed by atoms with Crippen LogP contribution in [0.1, 0.15) is 25.5 Å². The number of unbranched alkanes of at least 4 members (excludes halogenated alkanes) is 1. The van der Waals surface area contributed by atoms with E-state index in [9.17, 15) is 4.79 Å². The zero-order valence-corrected chi connectivity index (χ0v) is 10.0. The summed E-state index contributed by atoms with van der Waals surface area (Å²) in [6, 6.07) is -0.247. The van der Waals surface area contributed by atoms with Crippen molar-refractivity contribution in [1.82, 2.24) is 15.1 Å². The first-order chi connectivity index (χ1) is 7.56. The molecule has 90 valence electrons. The number of nitrogens with one attached hydrogen (secondary N) is 2. The first-order valence-corrected chi connectivity index (χ1v) is 5.40. The molecule has 0 radical (unpaired) electrons. The van der Waals surface area contributed by atoms with Gasteiger partial charge in [0.1, 0.15) is 0 Å². The average molecular weight is 225 g/mol.